The lowest BCUT2D eigenvalue weighted by Gasteiger charge is -2.13. The molecule has 2 aromatic rings. The number of hydrogen-bond donors (Lipinski definition) is 1. The van der Waals surface area contributed by atoms with Gasteiger partial charge in [0.1, 0.15) is 5.75 Å². The molecule has 0 amide bonds. The fourth-order valence-electron chi connectivity index (χ4n) is 2.11. The van der Waals surface area contributed by atoms with E-state index in [1.165, 1.54) is 5.56 Å². The molecule has 1 nitrogen and oxygen atoms in total. The van der Waals surface area contributed by atoms with Crippen molar-refractivity contribution < 1.29 is 5.11 Å². The van der Waals surface area contributed by atoms with Crippen LogP contribution >= 0.6 is 0 Å². The summed E-state index contributed by atoms with van der Waals surface area (Å²) < 4.78 is 0. The number of benzene rings is 2. The Balaban J connectivity index is 2.19. The zero-order valence-corrected chi connectivity index (χ0v) is 10.4. The van der Waals surface area contributed by atoms with Gasteiger partial charge in [0.15, 0.2) is 0 Å². The number of phenols is 1. The van der Waals surface area contributed by atoms with E-state index in [0.717, 1.165) is 17.5 Å². The molecule has 0 aliphatic carbocycles. The van der Waals surface area contributed by atoms with Gasteiger partial charge >= 0.3 is 0 Å². The zero-order chi connectivity index (χ0) is 12.3. The van der Waals surface area contributed by atoms with Crippen molar-refractivity contribution in [2.75, 3.05) is 0 Å². The average Bonchev–Trinajstić information content (AvgIpc) is 2.36. The Hall–Kier alpha value is -1.76. The van der Waals surface area contributed by atoms with E-state index in [1.807, 2.05) is 31.2 Å². The van der Waals surface area contributed by atoms with E-state index in [9.17, 15) is 5.11 Å². The Morgan fingerprint density at radius 1 is 1.00 bits per heavy atom. The van der Waals surface area contributed by atoms with E-state index in [1.54, 1.807) is 0 Å². The molecule has 0 aliphatic rings. The molecule has 0 fully saturated rings. The Morgan fingerprint density at radius 3 is 2.41 bits per heavy atom. The first-order chi connectivity index (χ1) is 8.18. The van der Waals surface area contributed by atoms with Crippen molar-refractivity contribution in [2.24, 2.45) is 0 Å². The molecule has 0 saturated carbocycles. The van der Waals surface area contributed by atoms with Crippen molar-refractivity contribution in [1.29, 1.82) is 0 Å². The van der Waals surface area contributed by atoms with Gasteiger partial charge in [0.2, 0.25) is 0 Å². The molecule has 0 aromatic heterocycles. The molecule has 0 spiro atoms. The molecule has 1 heteroatoms. The summed E-state index contributed by atoms with van der Waals surface area (Å²) in [6, 6.07) is 16.4. The van der Waals surface area contributed by atoms with Crippen LogP contribution in [0.15, 0.2) is 48.5 Å². The Labute approximate surface area is 103 Å². The van der Waals surface area contributed by atoms with Gasteiger partial charge in [-0.05, 0) is 36.0 Å². The molecular weight excluding hydrogens is 208 g/mol. The summed E-state index contributed by atoms with van der Waals surface area (Å²) in [6.07, 6.45) is 0.873. The first-order valence-electron chi connectivity index (χ1n) is 6.01. The second-order valence-electron chi connectivity index (χ2n) is 4.60. The minimum atomic E-state index is 0.420. The third-order valence-corrected chi connectivity index (χ3v) is 3.22. The molecule has 0 bridgehead atoms. The molecule has 0 saturated heterocycles. The second-order valence-corrected chi connectivity index (χ2v) is 4.60. The summed E-state index contributed by atoms with van der Waals surface area (Å²) >= 11 is 0. The minimum absolute atomic E-state index is 0.420. The third kappa shape index (κ3) is 2.68. The average molecular weight is 226 g/mol. The van der Waals surface area contributed by atoms with E-state index in [0.29, 0.717) is 11.7 Å². The van der Waals surface area contributed by atoms with Gasteiger partial charge in [-0.1, -0.05) is 55.5 Å². The number of aryl methyl sites for hydroxylation is 1. The van der Waals surface area contributed by atoms with Gasteiger partial charge in [0.05, 0.1) is 0 Å². The summed E-state index contributed by atoms with van der Waals surface area (Å²) in [4.78, 5) is 0. The summed E-state index contributed by atoms with van der Waals surface area (Å²) in [6.45, 7) is 4.13. The van der Waals surface area contributed by atoms with Crippen molar-refractivity contribution in [3.05, 3.63) is 65.2 Å². The van der Waals surface area contributed by atoms with E-state index < -0.39 is 0 Å². The van der Waals surface area contributed by atoms with Crippen LogP contribution in [0.2, 0.25) is 0 Å². The molecule has 0 radical (unpaired) electrons. The van der Waals surface area contributed by atoms with E-state index in [2.05, 4.69) is 31.2 Å². The fourth-order valence-corrected chi connectivity index (χ4v) is 2.11. The maximum Gasteiger partial charge on any atom is 0.121 e. The number of aromatic hydroxyl groups is 1. The van der Waals surface area contributed by atoms with E-state index in [-0.39, 0.29) is 0 Å². The predicted molar refractivity (Wildman–Crippen MR) is 71.4 cm³/mol. The molecule has 2 rings (SSSR count). The Kier molecular flexibility index (Phi) is 3.48. The monoisotopic (exact) mass is 226 g/mol. The summed E-state index contributed by atoms with van der Waals surface area (Å²) in [5.41, 5.74) is 3.29. The van der Waals surface area contributed by atoms with Crippen molar-refractivity contribution in [1.82, 2.24) is 0 Å². The van der Waals surface area contributed by atoms with Crippen LogP contribution in [-0.4, -0.2) is 5.11 Å². The smallest absolute Gasteiger partial charge is 0.121 e. The van der Waals surface area contributed by atoms with Gasteiger partial charge in [0, 0.05) is 0 Å². The molecule has 0 aliphatic heterocycles. The molecule has 1 unspecified atom stereocenters. The number of para-hydroxylation sites is 1. The van der Waals surface area contributed by atoms with Crippen molar-refractivity contribution >= 4 is 0 Å². The maximum atomic E-state index is 9.99. The SMILES string of the molecule is Cc1cccc(CC(C)c2ccccc2)c1O. The number of phenolic OH excluding ortho intramolecular Hbond substituents is 1. The Morgan fingerprint density at radius 2 is 1.71 bits per heavy atom. The van der Waals surface area contributed by atoms with Gasteiger partial charge in [-0.25, -0.2) is 0 Å². The van der Waals surface area contributed by atoms with Gasteiger partial charge < -0.3 is 5.11 Å². The summed E-state index contributed by atoms with van der Waals surface area (Å²) in [5.74, 6) is 0.860. The molecule has 1 N–H and O–H groups in total. The second kappa shape index (κ2) is 5.05. The van der Waals surface area contributed by atoms with Gasteiger partial charge in [-0.2, -0.15) is 0 Å². The first-order valence-corrected chi connectivity index (χ1v) is 6.01. The van der Waals surface area contributed by atoms with Gasteiger partial charge in [-0.3, -0.25) is 0 Å². The van der Waals surface area contributed by atoms with E-state index in [4.69, 9.17) is 0 Å². The lowest BCUT2D eigenvalue weighted by molar-refractivity contribution is 0.461. The van der Waals surface area contributed by atoms with Gasteiger partial charge in [0.25, 0.3) is 0 Å². The lowest BCUT2D eigenvalue weighted by Crippen LogP contribution is -1.99. The normalized spacial score (nSPS) is 12.4. The fraction of sp³-hybridized carbons (Fsp3) is 0.250. The Bertz CT molecular complexity index is 488. The first kappa shape index (κ1) is 11.7. The van der Waals surface area contributed by atoms with Crippen LogP contribution in [0.4, 0.5) is 0 Å². The highest BCUT2D eigenvalue weighted by molar-refractivity contribution is 5.40. The lowest BCUT2D eigenvalue weighted by atomic mass is 9.92. The highest BCUT2D eigenvalue weighted by Crippen LogP contribution is 2.27. The molecule has 0 heterocycles. The standard InChI is InChI=1S/C16H18O/c1-12-7-6-10-15(16(12)17)11-13(2)14-8-4-3-5-9-14/h3-10,13,17H,11H2,1-2H3. The topological polar surface area (TPSA) is 20.2 Å². The van der Waals surface area contributed by atoms with Crippen LogP contribution in [0.25, 0.3) is 0 Å². The summed E-state index contributed by atoms with van der Waals surface area (Å²) in [7, 11) is 0. The number of rotatable bonds is 3. The molecule has 1 atom stereocenters. The highest BCUT2D eigenvalue weighted by Gasteiger charge is 2.10. The molecule has 17 heavy (non-hydrogen) atoms. The predicted octanol–water partition coefficient (Wildman–Crippen LogP) is 4.05. The molecule has 88 valence electrons. The minimum Gasteiger partial charge on any atom is -0.507 e. The largest absolute Gasteiger partial charge is 0.507 e. The van der Waals surface area contributed by atoms with Gasteiger partial charge in [-0.15, -0.1) is 0 Å². The van der Waals surface area contributed by atoms with Crippen LogP contribution in [0.5, 0.6) is 5.75 Å². The quantitative estimate of drug-likeness (QED) is 0.837. The zero-order valence-electron chi connectivity index (χ0n) is 10.4. The van der Waals surface area contributed by atoms with Crippen molar-refractivity contribution in [3.63, 3.8) is 0 Å². The van der Waals surface area contributed by atoms with Crippen LogP contribution in [0.1, 0.15) is 29.5 Å². The van der Waals surface area contributed by atoms with Crippen LogP contribution in [-0.2, 0) is 6.42 Å². The number of hydrogen-bond acceptors (Lipinski definition) is 1. The highest BCUT2D eigenvalue weighted by atomic mass is 16.3. The van der Waals surface area contributed by atoms with Crippen LogP contribution < -0.4 is 0 Å². The summed E-state index contributed by atoms with van der Waals surface area (Å²) in [5, 5.41) is 9.99. The molecule has 2 aromatic carbocycles. The van der Waals surface area contributed by atoms with E-state index >= 15 is 0 Å². The van der Waals surface area contributed by atoms with Crippen LogP contribution in [0.3, 0.4) is 0 Å². The van der Waals surface area contributed by atoms with Crippen molar-refractivity contribution in [2.45, 2.75) is 26.2 Å². The van der Waals surface area contributed by atoms with Crippen molar-refractivity contribution in [3.8, 4) is 5.75 Å². The maximum absolute atomic E-state index is 9.99. The molecular formula is C16H18O. The third-order valence-electron chi connectivity index (χ3n) is 3.22. The van der Waals surface area contributed by atoms with Crippen LogP contribution in [0, 0.1) is 6.92 Å².